The third kappa shape index (κ3) is 5.91. The Balaban J connectivity index is 1.17. The third-order valence-electron chi connectivity index (χ3n) is 6.78. The van der Waals surface area contributed by atoms with Gasteiger partial charge in [0.05, 0.1) is 12.5 Å². The standard InChI is InChI=1S/C29H29N3O5/c33-27(18-24(20-7-3-1-4-8-20)31-29(35)21-9-5-2-6-10-21)32-15-13-22(14-16-32)28(34)30-23-11-12-25-26(17-23)37-19-36-25/h1-12,17,22,24H,13-16,18-19H2,(H,30,34)(H,31,35)/t24-/m0/s1. The van der Waals surface area contributed by atoms with E-state index in [1.807, 2.05) is 48.5 Å². The van der Waals surface area contributed by atoms with Crippen LogP contribution in [0.1, 0.15) is 41.2 Å². The molecule has 1 saturated heterocycles. The van der Waals surface area contributed by atoms with Crippen molar-refractivity contribution in [3.63, 3.8) is 0 Å². The fourth-order valence-electron chi connectivity index (χ4n) is 4.68. The monoisotopic (exact) mass is 499 g/mol. The summed E-state index contributed by atoms with van der Waals surface area (Å²) in [6.45, 7) is 1.17. The molecule has 1 fully saturated rings. The summed E-state index contributed by atoms with van der Waals surface area (Å²) >= 11 is 0. The number of hydrogen-bond donors (Lipinski definition) is 2. The molecule has 5 rings (SSSR count). The van der Waals surface area contributed by atoms with Gasteiger partial charge in [0.1, 0.15) is 0 Å². The van der Waals surface area contributed by atoms with Crippen LogP contribution in [0.15, 0.2) is 78.9 Å². The van der Waals surface area contributed by atoms with E-state index in [9.17, 15) is 14.4 Å². The highest BCUT2D eigenvalue weighted by atomic mass is 16.7. The average Bonchev–Trinajstić information content (AvgIpc) is 3.41. The molecule has 0 aliphatic carbocycles. The summed E-state index contributed by atoms with van der Waals surface area (Å²) in [6.07, 6.45) is 1.31. The van der Waals surface area contributed by atoms with Crippen molar-refractivity contribution in [3.05, 3.63) is 90.0 Å². The summed E-state index contributed by atoms with van der Waals surface area (Å²) in [4.78, 5) is 40.7. The third-order valence-corrected chi connectivity index (χ3v) is 6.78. The maximum absolute atomic E-state index is 13.2. The van der Waals surface area contributed by atoms with Gasteiger partial charge < -0.3 is 25.0 Å². The number of nitrogens with one attached hydrogen (secondary N) is 2. The van der Waals surface area contributed by atoms with Gasteiger partial charge in [-0.3, -0.25) is 14.4 Å². The van der Waals surface area contributed by atoms with Gasteiger partial charge in [-0.1, -0.05) is 48.5 Å². The fourth-order valence-corrected chi connectivity index (χ4v) is 4.68. The number of benzene rings is 3. The molecule has 0 unspecified atom stereocenters. The van der Waals surface area contributed by atoms with Crippen molar-refractivity contribution in [3.8, 4) is 11.5 Å². The zero-order valence-corrected chi connectivity index (χ0v) is 20.4. The smallest absolute Gasteiger partial charge is 0.251 e. The van der Waals surface area contributed by atoms with Crippen molar-refractivity contribution < 1.29 is 23.9 Å². The van der Waals surface area contributed by atoms with Gasteiger partial charge in [0, 0.05) is 36.3 Å². The summed E-state index contributed by atoms with van der Waals surface area (Å²) < 4.78 is 10.7. The SMILES string of the molecule is O=C(N[C@@H](CC(=O)N1CCC(C(=O)Nc2ccc3c(c2)OCO3)CC1)c1ccccc1)c1ccccc1. The first-order valence-corrected chi connectivity index (χ1v) is 12.5. The van der Waals surface area contributed by atoms with Gasteiger partial charge in [-0.05, 0) is 42.7 Å². The lowest BCUT2D eigenvalue weighted by Gasteiger charge is -2.32. The van der Waals surface area contributed by atoms with Crippen molar-refractivity contribution in [2.24, 2.45) is 5.92 Å². The fraction of sp³-hybridized carbons (Fsp3) is 0.276. The van der Waals surface area contributed by atoms with E-state index in [0.29, 0.717) is 48.7 Å². The predicted molar refractivity (Wildman–Crippen MR) is 138 cm³/mol. The Labute approximate surface area is 215 Å². The summed E-state index contributed by atoms with van der Waals surface area (Å²) in [6, 6.07) is 23.4. The number of likely N-dealkylation sites (tertiary alicyclic amines) is 1. The number of hydrogen-bond acceptors (Lipinski definition) is 5. The average molecular weight is 500 g/mol. The first-order valence-electron chi connectivity index (χ1n) is 12.5. The maximum atomic E-state index is 13.2. The zero-order chi connectivity index (χ0) is 25.6. The Hall–Kier alpha value is -4.33. The lowest BCUT2D eigenvalue weighted by atomic mass is 9.94. The van der Waals surface area contributed by atoms with Crippen molar-refractivity contribution in [2.45, 2.75) is 25.3 Å². The van der Waals surface area contributed by atoms with Gasteiger partial charge in [0.25, 0.3) is 5.91 Å². The van der Waals surface area contributed by atoms with E-state index in [1.165, 1.54) is 0 Å². The van der Waals surface area contributed by atoms with Crippen LogP contribution in [-0.4, -0.2) is 42.5 Å². The van der Waals surface area contributed by atoms with Gasteiger partial charge in [-0.2, -0.15) is 0 Å². The van der Waals surface area contributed by atoms with Crippen LogP contribution in [0.5, 0.6) is 11.5 Å². The molecule has 0 saturated carbocycles. The van der Waals surface area contributed by atoms with E-state index >= 15 is 0 Å². The number of rotatable bonds is 7. The molecule has 2 aliphatic heterocycles. The highest BCUT2D eigenvalue weighted by molar-refractivity contribution is 5.95. The van der Waals surface area contributed by atoms with E-state index in [-0.39, 0.29) is 36.9 Å². The van der Waals surface area contributed by atoms with Crippen molar-refractivity contribution in [1.29, 1.82) is 0 Å². The molecule has 2 aliphatic rings. The maximum Gasteiger partial charge on any atom is 0.251 e. The largest absolute Gasteiger partial charge is 0.454 e. The minimum absolute atomic E-state index is 0.0446. The van der Waals surface area contributed by atoms with Crippen LogP contribution in [0.3, 0.4) is 0 Å². The highest BCUT2D eigenvalue weighted by Crippen LogP contribution is 2.34. The van der Waals surface area contributed by atoms with E-state index < -0.39 is 6.04 Å². The molecule has 8 heteroatoms. The topological polar surface area (TPSA) is 97.0 Å². The van der Waals surface area contributed by atoms with Crippen LogP contribution in [0.2, 0.25) is 0 Å². The molecule has 8 nitrogen and oxygen atoms in total. The zero-order valence-electron chi connectivity index (χ0n) is 20.4. The molecule has 37 heavy (non-hydrogen) atoms. The molecular formula is C29H29N3O5. The first-order chi connectivity index (χ1) is 18.1. The molecule has 3 amide bonds. The molecule has 2 N–H and O–H groups in total. The number of amides is 3. The molecule has 2 heterocycles. The van der Waals surface area contributed by atoms with Gasteiger partial charge in [0.15, 0.2) is 11.5 Å². The van der Waals surface area contributed by atoms with Crippen LogP contribution in [0.4, 0.5) is 5.69 Å². The quantitative estimate of drug-likeness (QED) is 0.509. The number of carbonyl (C=O) groups is 3. The van der Waals surface area contributed by atoms with Gasteiger partial charge in [-0.25, -0.2) is 0 Å². The summed E-state index contributed by atoms with van der Waals surface area (Å²) in [5.74, 6) is 0.766. The van der Waals surface area contributed by atoms with Gasteiger partial charge >= 0.3 is 0 Å². The number of ether oxygens (including phenoxy) is 2. The first kappa shape index (κ1) is 24.4. The van der Waals surface area contributed by atoms with Crippen LogP contribution < -0.4 is 20.1 Å². The molecule has 1 atom stereocenters. The number of anilines is 1. The second kappa shape index (κ2) is 11.2. The molecular weight excluding hydrogens is 470 g/mol. The highest BCUT2D eigenvalue weighted by Gasteiger charge is 2.29. The normalized spacial score (nSPS) is 15.6. The minimum atomic E-state index is -0.451. The van der Waals surface area contributed by atoms with Crippen molar-refractivity contribution in [1.82, 2.24) is 10.2 Å². The molecule has 3 aromatic carbocycles. The number of piperidine rings is 1. The van der Waals surface area contributed by atoms with Crippen molar-refractivity contribution >= 4 is 23.4 Å². The Morgan fingerprint density at radius 1 is 0.865 bits per heavy atom. The molecule has 0 aromatic heterocycles. The van der Waals surface area contributed by atoms with Crippen LogP contribution in [0, 0.1) is 5.92 Å². The van der Waals surface area contributed by atoms with Gasteiger partial charge in [0.2, 0.25) is 18.6 Å². The predicted octanol–water partition coefficient (Wildman–Crippen LogP) is 4.15. The Bertz CT molecular complexity index is 1260. The van der Waals surface area contributed by atoms with E-state index in [1.54, 1.807) is 35.2 Å². The van der Waals surface area contributed by atoms with E-state index in [2.05, 4.69) is 10.6 Å². The second-order valence-corrected chi connectivity index (χ2v) is 9.22. The van der Waals surface area contributed by atoms with Crippen LogP contribution in [-0.2, 0) is 9.59 Å². The van der Waals surface area contributed by atoms with Crippen LogP contribution >= 0.6 is 0 Å². The van der Waals surface area contributed by atoms with Crippen LogP contribution in [0.25, 0.3) is 0 Å². The summed E-state index contributed by atoms with van der Waals surface area (Å²) in [5.41, 5.74) is 2.08. The summed E-state index contributed by atoms with van der Waals surface area (Å²) in [5, 5.41) is 5.97. The van der Waals surface area contributed by atoms with E-state index in [4.69, 9.17) is 9.47 Å². The number of fused-ring (bicyclic) bond motifs is 1. The van der Waals surface area contributed by atoms with Crippen molar-refractivity contribution in [2.75, 3.05) is 25.2 Å². The Morgan fingerprint density at radius 3 is 2.27 bits per heavy atom. The Kier molecular flexibility index (Phi) is 7.35. The molecule has 3 aromatic rings. The second-order valence-electron chi connectivity index (χ2n) is 9.22. The lowest BCUT2D eigenvalue weighted by Crippen LogP contribution is -2.43. The molecule has 0 spiro atoms. The van der Waals surface area contributed by atoms with Gasteiger partial charge in [-0.15, -0.1) is 0 Å². The summed E-state index contributed by atoms with van der Waals surface area (Å²) in [7, 11) is 0. The number of carbonyl (C=O) groups excluding carboxylic acids is 3. The molecule has 0 bridgehead atoms. The molecule has 190 valence electrons. The van der Waals surface area contributed by atoms with E-state index in [0.717, 1.165) is 5.56 Å². The number of nitrogens with zero attached hydrogens (tertiary/aromatic N) is 1. The minimum Gasteiger partial charge on any atom is -0.454 e. The molecule has 0 radical (unpaired) electrons. The Morgan fingerprint density at radius 2 is 1.54 bits per heavy atom. The lowest BCUT2D eigenvalue weighted by molar-refractivity contribution is -0.135.